The molecule has 3 rings (SSSR count). The third-order valence-corrected chi connectivity index (χ3v) is 4.63. The fourth-order valence-corrected chi connectivity index (χ4v) is 3.29. The predicted molar refractivity (Wildman–Crippen MR) is 77.3 cm³/mol. The molecule has 0 spiro atoms. The Morgan fingerprint density at radius 3 is 2.84 bits per heavy atom. The predicted octanol–water partition coefficient (Wildman–Crippen LogP) is 3.45. The van der Waals surface area contributed by atoms with Gasteiger partial charge in [0.25, 0.3) is 0 Å². The molecule has 2 aliphatic rings. The van der Waals surface area contributed by atoms with E-state index in [0.29, 0.717) is 17.1 Å². The first-order valence-electron chi connectivity index (χ1n) is 7.14. The van der Waals surface area contributed by atoms with Crippen LogP contribution in [-0.2, 0) is 0 Å². The molecule has 1 saturated carbocycles. The highest BCUT2D eigenvalue weighted by Gasteiger charge is 2.37. The summed E-state index contributed by atoms with van der Waals surface area (Å²) in [5.74, 6) is 0.551. The second-order valence-electron chi connectivity index (χ2n) is 5.66. The standard InChI is InChI=1S/C15H20ClFN2/c1-2-12-8-18-14(10-3-4-10)9-19(12)15-6-5-11(17)7-13(15)16/h5-7,10,12,14,18H,2-4,8-9H2,1H3. The average Bonchev–Trinajstić information content (AvgIpc) is 3.22. The minimum Gasteiger partial charge on any atom is -0.365 e. The molecule has 19 heavy (non-hydrogen) atoms. The number of halogens is 2. The molecule has 1 aromatic rings. The summed E-state index contributed by atoms with van der Waals surface area (Å²) >= 11 is 6.23. The van der Waals surface area contributed by atoms with Crippen LogP contribution in [0.1, 0.15) is 26.2 Å². The maximum absolute atomic E-state index is 13.2. The zero-order valence-corrected chi connectivity index (χ0v) is 12.0. The zero-order chi connectivity index (χ0) is 13.4. The van der Waals surface area contributed by atoms with Crippen molar-refractivity contribution in [3.05, 3.63) is 29.0 Å². The van der Waals surface area contributed by atoms with E-state index in [-0.39, 0.29) is 5.82 Å². The Balaban J connectivity index is 1.85. The SMILES string of the molecule is CCC1CNC(C2CC2)CN1c1ccc(F)cc1Cl. The maximum Gasteiger partial charge on any atom is 0.124 e. The van der Waals surface area contributed by atoms with Crippen LogP contribution in [0.2, 0.25) is 5.02 Å². The first-order chi connectivity index (χ1) is 9.19. The highest BCUT2D eigenvalue weighted by Crippen LogP contribution is 2.37. The normalized spacial score (nSPS) is 27.6. The van der Waals surface area contributed by atoms with Gasteiger partial charge in [0, 0.05) is 25.2 Å². The van der Waals surface area contributed by atoms with Gasteiger partial charge in [0.05, 0.1) is 10.7 Å². The minimum absolute atomic E-state index is 0.268. The molecule has 0 radical (unpaired) electrons. The van der Waals surface area contributed by atoms with Crippen molar-refractivity contribution >= 4 is 17.3 Å². The second-order valence-corrected chi connectivity index (χ2v) is 6.07. The largest absolute Gasteiger partial charge is 0.365 e. The van der Waals surface area contributed by atoms with Crippen LogP contribution in [0.3, 0.4) is 0 Å². The number of hydrogen-bond acceptors (Lipinski definition) is 2. The van der Waals surface area contributed by atoms with Crippen LogP contribution in [0.25, 0.3) is 0 Å². The molecule has 1 saturated heterocycles. The average molecular weight is 283 g/mol. The van der Waals surface area contributed by atoms with E-state index in [1.807, 2.05) is 6.07 Å². The molecule has 1 N–H and O–H groups in total. The van der Waals surface area contributed by atoms with E-state index >= 15 is 0 Å². The van der Waals surface area contributed by atoms with Crippen molar-refractivity contribution in [3.63, 3.8) is 0 Å². The summed E-state index contributed by atoms with van der Waals surface area (Å²) in [6.45, 7) is 4.16. The molecule has 1 aliphatic carbocycles. The molecule has 1 aromatic carbocycles. The first kappa shape index (κ1) is 13.2. The van der Waals surface area contributed by atoms with Crippen LogP contribution in [0.4, 0.5) is 10.1 Å². The summed E-state index contributed by atoms with van der Waals surface area (Å²) in [6.07, 6.45) is 3.73. The molecule has 0 bridgehead atoms. The molecule has 1 aliphatic heterocycles. The van der Waals surface area contributed by atoms with Gasteiger partial charge < -0.3 is 10.2 Å². The monoisotopic (exact) mass is 282 g/mol. The van der Waals surface area contributed by atoms with Crippen molar-refractivity contribution in [3.8, 4) is 0 Å². The Bertz CT molecular complexity index is 461. The quantitative estimate of drug-likeness (QED) is 0.913. The van der Waals surface area contributed by atoms with Gasteiger partial charge in [0.2, 0.25) is 0 Å². The molecule has 104 valence electrons. The van der Waals surface area contributed by atoms with E-state index in [0.717, 1.165) is 31.1 Å². The molecule has 2 unspecified atom stereocenters. The summed E-state index contributed by atoms with van der Waals surface area (Å²) in [7, 11) is 0. The smallest absolute Gasteiger partial charge is 0.124 e. The Labute approximate surface area is 118 Å². The van der Waals surface area contributed by atoms with E-state index in [4.69, 9.17) is 11.6 Å². The minimum atomic E-state index is -0.268. The third-order valence-electron chi connectivity index (χ3n) is 4.33. The third kappa shape index (κ3) is 2.72. The lowest BCUT2D eigenvalue weighted by atomic mass is 10.0. The van der Waals surface area contributed by atoms with Crippen molar-refractivity contribution in [2.24, 2.45) is 5.92 Å². The second kappa shape index (κ2) is 5.29. The Hall–Kier alpha value is -0.800. The zero-order valence-electron chi connectivity index (χ0n) is 11.2. The Kier molecular flexibility index (Phi) is 3.68. The number of hydrogen-bond donors (Lipinski definition) is 1. The molecule has 2 atom stereocenters. The van der Waals surface area contributed by atoms with Crippen LogP contribution in [0.15, 0.2) is 18.2 Å². The lowest BCUT2D eigenvalue weighted by Crippen LogP contribution is -2.57. The molecule has 2 nitrogen and oxygen atoms in total. The van der Waals surface area contributed by atoms with Crippen LogP contribution < -0.4 is 10.2 Å². The summed E-state index contributed by atoms with van der Waals surface area (Å²) in [5.41, 5.74) is 0.974. The van der Waals surface area contributed by atoms with Crippen LogP contribution in [-0.4, -0.2) is 25.2 Å². The Morgan fingerprint density at radius 1 is 1.42 bits per heavy atom. The molecular formula is C15H20ClFN2. The number of benzene rings is 1. The summed E-state index contributed by atoms with van der Waals surface area (Å²) in [5, 5.41) is 4.18. The van der Waals surface area contributed by atoms with Crippen molar-refractivity contribution in [1.29, 1.82) is 0 Å². The summed E-state index contributed by atoms with van der Waals surface area (Å²) in [4.78, 5) is 2.36. The van der Waals surface area contributed by atoms with Crippen molar-refractivity contribution in [1.82, 2.24) is 5.32 Å². The Morgan fingerprint density at radius 2 is 2.21 bits per heavy atom. The van der Waals surface area contributed by atoms with Gasteiger partial charge in [-0.15, -0.1) is 0 Å². The van der Waals surface area contributed by atoms with Crippen LogP contribution in [0.5, 0.6) is 0 Å². The van der Waals surface area contributed by atoms with E-state index < -0.39 is 0 Å². The number of anilines is 1. The van der Waals surface area contributed by atoms with Crippen molar-refractivity contribution in [2.45, 2.75) is 38.3 Å². The van der Waals surface area contributed by atoms with Gasteiger partial charge in [-0.3, -0.25) is 0 Å². The van der Waals surface area contributed by atoms with Gasteiger partial charge in [0.15, 0.2) is 0 Å². The summed E-state index contributed by atoms with van der Waals surface area (Å²) in [6, 6.07) is 5.73. The number of piperazine rings is 1. The molecule has 4 heteroatoms. The van der Waals surface area contributed by atoms with Crippen LogP contribution in [0, 0.1) is 11.7 Å². The lowest BCUT2D eigenvalue weighted by Gasteiger charge is -2.42. The topological polar surface area (TPSA) is 15.3 Å². The van der Waals surface area contributed by atoms with Gasteiger partial charge in [-0.2, -0.15) is 0 Å². The van der Waals surface area contributed by atoms with E-state index in [1.54, 1.807) is 0 Å². The van der Waals surface area contributed by atoms with Crippen molar-refractivity contribution < 1.29 is 4.39 Å². The fraction of sp³-hybridized carbons (Fsp3) is 0.600. The highest BCUT2D eigenvalue weighted by atomic mass is 35.5. The van der Waals surface area contributed by atoms with E-state index in [9.17, 15) is 4.39 Å². The molecule has 2 fully saturated rings. The van der Waals surface area contributed by atoms with Gasteiger partial charge in [-0.1, -0.05) is 18.5 Å². The van der Waals surface area contributed by atoms with Gasteiger partial charge in [-0.25, -0.2) is 4.39 Å². The van der Waals surface area contributed by atoms with Gasteiger partial charge in [0.1, 0.15) is 5.82 Å². The first-order valence-corrected chi connectivity index (χ1v) is 7.52. The molecule has 1 heterocycles. The fourth-order valence-electron chi connectivity index (χ4n) is 3.01. The van der Waals surface area contributed by atoms with Gasteiger partial charge in [-0.05, 0) is 43.4 Å². The molecule has 0 amide bonds. The lowest BCUT2D eigenvalue weighted by molar-refractivity contribution is 0.360. The van der Waals surface area contributed by atoms with E-state index in [1.165, 1.54) is 25.0 Å². The molecular weight excluding hydrogens is 263 g/mol. The highest BCUT2D eigenvalue weighted by molar-refractivity contribution is 6.33. The maximum atomic E-state index is 13.2. The van der Waals surface area contributed by atoms with Gasteiger partial charge >= 0.3 is 0 Å². The van der Waals surface area contributed by atoms with Crippen molar-refractivity contribution in [2.75, 3.05) is 18.0 Å². The number of nitrogens with zero attached hydrogens (tertiary/aromatic N) is 1. The van der Waals surface area contributed by atoms with E-state index in [2.05, 4.69) is 17.1 Å². The number of rotatable bonds is 3. The molecule has 0 aromatic heterocycles. The summed E-state index contributed by atoms with van der Waals surface area (Å²) < 4.78 is 13.2. The van der Waals surface area contributed by atoms with Crippen LogP contribution >= 0.6 is 11.6 Å². The number of nitrogens with one attached hydrogen (secondary N) is 1.